The highest BCUT2D eigenvalue weighted by Gasteiger charge is 2.15. The van der Waals surface area contributed by atoms with Crippen LogP contribution in [-0.4, -0.2) is 26.4 Å². The molecule has 27 heavy (non-hydrogen) atoms. The largest absolute Gasteiger partial charge is 0.463 e. The molecular weight excluding hydrogens is 352 g/mol. The van der Waals surface area contributed by atoms with Crippen LogP contribution in [0.4, 0.5) is 14.6 Å². The zero-order valence-electron chi connectivity index (χ0n) is 14.5. The van der Waals surface area contributed by atoms with Crippen molar-refractivity contribution in [2.45, 2.75) is 13.0 Å². The minimum Gasteiger partial charge on any atom is -0.463 e. The molecule has 0 saturated carbocycles. The lowest BCUT2D eigenvalue weighted by Crippen LogP contribution is -2.11. The molecule has 4 rings (SSSR count). The summed E-state index contributed by atoms with van der Waals surface area (Å²) >= 11 is 0. The number of hydrogen-bond acceptors (Lipinski definition) is 4. The molecule has 0 radical (unpaired) electrons. The van der Waals surface area contributed by atoms with Gasteiger partial charge in [0.2, 0.25) is 6.86 Å². The monoisotopic (exact) mass is 369 g/mol. The third kappa shape index (κ3) is 3.33. The zero-order valence-corrected chi connectivity index (χ0v) is 14.5. The van der Waals surface area contributed by atoms with Gasteiger partial charge in [-0.15, -0.1) is 0 Å². The van der Waals surface area contributed by atoms with Crippen molar-refractivity contribution >= 4 is 11.5 Å². The van der Waals surface area contributed by atoms with E-state index in [4.69, 9.17) is 4.74 Å². The maximum Gasteiger partial charge on any atom is 0.228 e. The highest BCUT2D eigenvalue weighted by atomic mass is 19.1. The number of nitrogens with zero attached hydrogens (tertiary/aromatic N) is 3. The van der Waals surface area contributed by atoms with Gasteiger partial charge in [-0.05, 0) is 37.3 Å². The summed E-state index contributed by atoms with van der Waals surface area (Å²) in [6, 6.07) is 7.34. The van der Waals surface area contributed by atoms with Crippen LogP contribution in [0.5, 0.6) is 5.75 Å². The van der Waals surface area contributed by atoms with E-state index in [9.17, 15) is 8.78 Å². The summed E-state index contributed by atoms with van der Waals surface area (Å²) in [4.78, 5) is 7.64. The molecule has 138 valence electrons. The van der Waals surface area contributed by atoms with Crippen molar-refractivity contribution < 1.29 is 13.5 Å². The minimum atomic E-state index is -0.981. The van der Waals surface area contributed by atoms with Gasteiger partial charge >= 0.3 is 0 Å². The Kier molecular flexibility index (Phi) is 4.45. The summed E-state index contributed by atoms with van der Waals surface area (Å²) in [5.41, 5.74) is 3.06. The van der Waals surface area contributed by atoms with Crippen LogP contribution >= 0.6 is 0 Å². The molecule has 0 aliphatic heterocycles. The maximum atomic E-state index is 13.7. The van der Waals surface area contributed by atoms with Crippen LogP contribution in [0.1, 0.15) is 18.5 Å². The van der Waals surface area contributed by atoms with E-state index in [2.05, 4.69) is 20.4 Å². The van der Waals surface area contributed by atoms with E-state index < -0.39 is 12.7 Å². The van der Waals surface area contributed by atoms with Gasteiger partial charge in [0.25, 0.3) is 0 Å². The van der Waals surface area contributed by atoms with E-state index in [1.807, 2.05) is 25.4 Å². The molecule has 6 nitrogen and oxygen atoms in total. The average Bonchev–Trinajstić information content (AvgIpc) is 3.32. The summed E-state index contributed by atoms with van der Waals surface area (Å²) in [7, 11) is 0. The Morgan fingerprint density at radius 2 is 2.19 bits per heavy atom. The summed E-state index contributed by atoms with van der Waals surface area (Å²) < 4.78 is 32.9. The van der Waals surface area contributed by atoms with Gasteiger partial charge in [-0.1, -0.05) is 0 Å². The van der Waals surface area contributed by atoms with Gasteiger partial charge in [0.05, 0.1) is 12.2 Å². The zero-order chi connectivity index (χ0) is 18.8. The minimum absolute atomic E-state index is 0.289. The first kappa shape index (κ1) is 17.0. The summed E-state index contributed by atoms with van der Waals surface area (Å²) in [5.74, 6) is 0.457. The predicted octanol–water partition coefficient (Wildman–Crippen LogP) is 4.34. The predicted molar refractivity (Wildman–Crippen MR) is 97.8 cm³/mol. The van der Waals surface area contributed by atoms with Gasteiger partial charge in [0.1, 0.15) is 17.4 Å². The molecule has 3 aromatic heterocycles. The molecule has 3 heterocycles. The van der Waals surface area contributed by atoms with Crippen molar-refractivity contribution in [3.05, 3.63) is 66.5 Å². The van der Waals surface area contributed by atoms with Crippen LogP contribution in [0.25, 0.3) is 16.8 Å². The Hall–Kier alpha value is -3.42. The van der Waals surface area contributed by atoms with Gasteiger partial charge in [-0.3, -0.25) is 0 Å². The molecule has 0 fully saturated rings. The number of H-pyrrole nitrogens is 1. The SMILES string of the molecule is CC(Nc1ccn2ncc(-c3cc[nH]c3)c2n1)c1cc(F)ccc1OCF. The summed E-state index contributed by atoms with van der Waals surface area (Å²) in [6.07, 6.45) is 7.24. The third-order valence-electron chi connectivity index (χ3n) is 4.29. The molecule has 0 saturated heterocycles. The van der Waals surface area contributed by atoms with E-state index in [0.29, 0.717) is 17.0 Å². The number of hydrogen-bond donors (Lipinski definition) is 2. The summed E-state index contributed by atoms with van der Waals surface area (Å²) in [6.45, 7) is 0.848. The number of nitrogens with one attached hydrogen (secondary N) is 2. The molecule has 0 spiro atoms. The lowest BCUT2D eigenvalue weighted by atomic mass is 10.1. The molecule has 0 amide bonds. The molecule has 0 bridgehead atoms. The van der Waals surface area contributed by atoms with Crippen LogP contribution in [0.3, 0.4) is 0 Å². The first-order chi connectivity index (χ1) is 13.2. The average molecular weight is 369 g/mol. The fourth-order valence-electron chi connectivity index (χ4n) is 2.99. The standard InChI is InChI=1S/C19H17F2N5O/c1-12(15-8-14(21)2-3-17(15)27-11-20)24-18-5-7-26-19(25-18)16(10-23-26)13-4-6-22-9-13/h2-10,12,22H,11H2,1H3,(H,24,25). The van der Waals surface area contributed by atoms with Crippen LogP contribution in [-0.2, 0) is 0 Å². The smallest absolute Gasteiger partial charge is 0.228 e. The number of anilines is 1. The van der Waals surface area contributed by atoms with Crippen LogP contribution in [0, 0.1) is 5.82 Å². The van der Waals surface area contributed by atoms with Gasteiger partial charge in [0.15, 0.2) is 5.65 Å². The Morgan fingerprint density at radius 1 is 1.30 bits per heavy atom. The molecule has 0 aliphatic rings. The highest BCUT2D eigenvalue weighted by Crippen LogP contribution is 2.29. The fourth-order valence-corrected chi connectivity index (χ4v) is 2.99. The topological polar surface area (TPSA) is 67.2 Å². The van der Waals surface area contributed by atoms with E-state index >= 15 is 0 Å². The van der Waals surface area contributed by atoms with Gasteiger partial charge in [0, 0.05) is 35.3 Å². The van der Waals surface area contributed by atoms with Crippen molar-refractivity contribution in [3.8, 4) is 16.9 Å². The molecular formula is C19H17F2N5O. The number of rotatable bonds is 6. The summed E-state index contributed by atoms with van der Waals surface area (Å²) in [5, 5.41) is 7.51. The molecule has 4 aromatic rings. The second kappa shape index (κ2) is 7.06. The van der Waals surface area contributed by atoms with Gasteiger partial charge in [-0.25, -0.2) is 18.3 Å². The van der Waals surface area contributed by atoms with Crippen molar-refractivity contribution in [1.82, 2.24) is 19.6 Å². The second-order valence-corrected chi connectivity index (χ2v) is 6.04. The van der Waals surface area contributed by atoms with Crippen LogP contribution in [0.2, 0.25) is 0 Å². The number of halogens is 2. The molecule has 8 heteroatoms. The van der Waals surface area contributed by atoms with Crippen molar-refractivity contribution in [2.24, 2.45) is 0 Å². The van der Waals surface area contributed by atoms with E-state index in [0.717, 1.165) is 11.1 Å². The third-order valence-corrected chi connectivity index (χ3v) is 4.29. The van der Waals surface area contributed by atoms with Gasteiger partial charge in [-0.2, -0.15) is 5.10 Å². The number of alkyl halides is 1. The first-order valence-electron chi connectivity index (χ1n) is 8.38. The number of fused-ring (bicyclic) bond motifs is 1. The van der Waals surface area contributed by atoms with E-state index in [1.54, 1.807) is 23.0 Å². The Morgan fingerprint density at radius 3 is 2.96 bits per heavy atom. The van der Waals surface area contributed by atoms with Crippen LogP contribution in [0.15, 0.2) is 55.1 Å². The number of aromatic amines is 1. The van der Waals surface area contributed by atoms with E-state index in [1.165, 1.54) is 18.2 Å². The number of aromatic nitrogens is 4. The Balaban J connectivity index is 1.66. The Bertz CT molecular complexity index is 1060. The number of ether oxygens (including phenoxy) is 1. The molecule has 2 N–H and O–H groups in total. The lowest BCUT2D eigenvalue weighted by Gasteiger charge is -2.18. The second-order valence-electron chi connectivity index (χ2n) is 6.04. The molecule has 1 atom stereocenters. The quantitative estimate of drug-likeness (QED) is 0.530. The highest BCUT2D eigenvalue weighted by molar-refractivity contribution is 5.77. The number of benzene rings is 1. The lowest BCUT2D eigenvalue weighted by molar-refractivity contribution is 0.189. The van der Waals surface area contributed by atoms with Crippen LogP contribution < -0.4 is 10.1 Å². The molecule has 1 aromatic carbocycles. The van der Waals surface area contributed by atoms with Crippen molar-refractivity contribution in [2.75, 3.05) is 12.2 Å². The van der Waals surface area contributed by atoms with Crippen molar-refractivity contribution in [1.29, 1.82) is 0 Å². The Labute approximate surface area is 153 Å². The molecule has 0 aliphatic carbocycles. The van der Waals surface area contributed by atoms with Crippen molar-refractivity contribution in [3.63, 3.8) is 0 Å². The molecule has 1 unspecified atom stereocenters. The normalized spacial score (nSPS) is 12.3. The maximum absolute atomic E-state index is 13.7. The van der Waals surface area contributed by atoms with Gasteiger partial charge < -0.3 is 15.0 Å². The first-order valence-corrected chi connectivity index (χ1v) is 8.38. The fraction of sp³-hybridized carbons (Fsp3) is 0.158. The van der Waals surface area contributed by atoms with E-state index in [-0.39, 0.29) is 11.8 Å².